The minimum Gasteiger partial charge on any atom is -0.340 e. The molecule has 78 valence electrons. The lowest BCUT2D eigenvalue weighted by atomic mass is 10.3. The first-order chi connectivity index (χ1) is 5.74. The van der Waals surface area contributed by atoms with Gasteiger partial charge in [0.1, 0.15) is 0 Å². The van der Waals surface area contributed by atoms with Crippen molar-refractivity contribution in [3.8, 4) is 0 Å². The molecule has 1 saturated heterocycles. The maximum atomic E-state index is 11.4. The fourth-order valence-electron chi connectivity index (χ4n) is 1.29. The molecule has 13 heavy (non-hydrogen) atoms. The summed E-state index contributed by atoms with van der Waals surface area (Å²) >= 11 is 3.27. The highest BCUT2D eigenvalue weighted by Gasteiger charge is 2.17. The van der Waals surface area contributed by atoms with Gasteiger partial charge in [-0.25, -0.2) is 0 Å². The molecule has 0 aliphatic carbocycles. The molecule has 1 rings (SSSR count). The zero-order valence-corrected chi connectivity index (χ0v) is 10.2. The summed E-state index contributed by atoms with van der Waals surface area (Å²) in [6, 6.07) is 0. The Kier molecular flexibility index (Phi) is 6.73. The Morgan fingerprint density at radius 1 is 1.31 bits per heavy atom. The van der Waals surface area contributed by atoms with Crippen LogP contribution in [0.2, 0.25) is 0 Å². The molecule has 1 fully saturated rings. The van der Waals surface area contributed by atoms with E-state index in [0.29, 0.717) is 6.42 Å². The van der Waals surface area contributed by atoms with Crippen molar-refractivity contribution in [2.45, 2.75) is 6.42 Å². The predicted molar refractivity (Wildman–Crippen MR) is 59.7 cm³/mol. The van der Waals surface area contributed by atoms with Gasteiger partial charge in [0.05, 0.1) is 0 Å². The second kappa shape index (κ2) is 6.62. The molecule has 0 aromatic carbocycles. The van der Waals surface area contributed by atoms with Crippen LogP contribution in [0.15, 0.2) is 0 Å². The Balaban J connectivity index is 0.00000144. The van der Waals surface area contributed by atoms with Gasteiger partial charge in [0.15, 0.2) is 0 Å². The number of hydrogen-bond acceptors (Lipinski definition) is 2. The third-order valence-corrected chi connectivity index (χ3v) is 2.56. The molecule has 0 radical (unpaired) electrons. The standard InChI is InChI=1S/C8H15BrN2O.ClH/c1-10-4-6-11(7-5-10)8(12)2-3-9;/h2-7H2,1H3;1H. The molecule has 3 nitrogen and oxygen atoms in total. The zero-order valence-electron chi connectivity index (χ0n) is 7.83. The number of alkyl halides is 1. The first kappa shape index (κ1) is 13.2. The van der Waals surface area contributed by atoms with Crippen LogP contribution >= 0.6 is 28.3 Å². The SMILES string of the molecule is CN1CCN(C(=O)CCBr)CC1.Cl. The quantitative estimate of drug-likeness (QED) is 0.699. The highest BCUT2D eigenvalue weighted by atomic mass is 79.9. The lowest BCUT2D eigenvalue weighted by molar-refractivity contribution is -0.132. The first-order valence-electron chi connectivity index (χ1n) is 4.26. The number of halogens is 2. The monoisotopic (exact) mass is 270 g/mol. The largest absolute Gasteiger partial charge is 0.340 e. The first-order valence-corrected chi connectivity index (χ1v) is 5.38. The molecule has 0 N–H and O–H groups in total. The van der Waals surface area contributed by atoms with Gasteiger partial charge in [-0.3, -0.25) is 4.79 Å². The maximum absolute atomic E-state index is 11.4. The van der Waals surface area contributed by atoms with Crippen molar-refractivity contribution >= 4 is 34.2 Å². The van der Waals surface area contributed by atoms with Crippen molar-refractivity contribution in [1.29, 1.82) is 0 Å². The number of amides is 1. The van der Waals surface area contributed by atoms with Crippen molar-refractivity contribution in [2.75, 3.05) is 38.6 Å². The van der Waals surface area contributed by atoms with Crippen LogP contribution in [-0.2, 0) is 4.79 Å². The molecule has 0 bridgehead atoms. The number of carbonyl (C=O) groups is 1. The summed E-state index contributed by atoms with van der Waals surface area (Å²) in [7, 11) is 2.09. The minimum absolute atomic E-state index is 0. The number of hydrogen-bond donors (Lipinski definition) is 0. The van der Waals surface area contributed by atoms with E-state index in [1.165, 1.54) is 0 Å². The molecule has 1 heterocycles. The Morgan fingerprint density at radius 2 is 1.85 bits per heavy atom. The van der Waals surface area contributed by atoms with Crippen LogP contribution in [0.3, 0.4) is 0 Å². The van der Waals surface area contributed by atoms with Crippen LogP contribution in [0, 0.1) is 0 Å². The van der Waals surface area contributed by atoms with Crippen molar-refractivity contribution in [1.82, 2.24) is 9.80 Å². The molecule has 0 aromatic heterocycles. The van der Waals surface area contributed by atoms with Crippen molar-refractivity contribution in [3.05, 3.63) is 0 Å². The fraction of sp³-hybridized carbons (Fsp3) is 0.875. The summed E-state index contributed by atoms with van der Waals surface area (Å²) < 4.78 is 0. The van der Waals surface area contributed by atoms with E-state index in [1.807, 2.05) is 4.90 Å². The van der Waals surface area contributed by atoms with Crippen molar-refractivity contribution in [3.63, 3.8) is 0 Å². The molecule has 1 aliphatic rings. The molecule has 0 saturated carbocycles. The smallest absolute Gasteiger partial charge is 0.223 e. The van der Waals surface area contributed by atoms with Gasteiger partial charge in [0, 0.05) is 37.9 Å². The van der Waals surface area contributed by atoms with Gasteiger partial charge >= 0.3 is 0 Å². The average molecular weight is 272 g/mol. The average Bonchev–Trinajstić information content (AvgIpc) is 2.06. The molecule has 0 unspecified atom stereocenters. The highest BCUT2D eigenvalue weighted by Crippen LogP contribution is 2.02. The lowest BCUT2D eigenvalue weighted by Gasteiger charge is -2.32. The Bertz CT molecular complexity index is 160. The Hall–Kier alpha value is 0.200. The van der Waals surface area contributed by atoms with Crippen LogP contribution < -0.4 is 0 Å². The molecular formula is C8H16BrClN2O. The van der Waals surface area contributed by atoms with E-state index in [4.69, 9.17) is 0 Å². The molecule has 5 heteroatoms. The fourth-order valence-corrected chi connectivity index (χ4v) is 1.63. The highest BCUT2D eigenvalue weighted by molar-refractivity contribution is 9.09. The number of likely N-dealkylation sites (N-methyl/N-ethyl adjacent to an activating group) is 1. The molecule has 1 amide bonds. The number of nitrogens with zero attached hydrogens (tertiary/aromatic N) is 2. The van der Waals surface area contributed by atoms with E-state index in [9.17, 15) is 4.79 Å². The summed E-state index contributed by atoms with van der Waals surface area (Å²) in [6.45, 7) is 3.80. The minimum atomic E-state index is 0. The normalized spacial score (nSPS) is 18.2. The number of rotatable bonds is 2. The molecule has 0 spiro atoms. The van der Waals surface area contributed by atoms with Gasteiger partial charge in [-0.05, 0) is 7.05 Å². The molecule has 0 atom stereocenters. The van der Waals surface area contributed by atoms with E-state index in [1.54, 1.807) is 0 Å². The summed E-state index contributed by atoms with van der Waals surface area (Å²) in [5, 5.41) is 0.776. The second-order valence-electron chi connectivity index (χ2n) is 3.12. The van der Waals surface area contributed by atoms with Crippen LogP contribution in [0.1, 0.15) is 6.42 Å². The summed E-state index contributed by atoms with van der Waals surface area (Å²) in [5.41, 5.74) is 0. The third kappa shape index (κ3) is 4.29. The van der Waals surface area contributed by atoms with E-state index < -0.39 is 0 Å². The topological polar surface area (TPSA) is 23.6 Å². The summed E-state index contributed by atoms with van der Waals surface area (Å²) in [6.07, 6.45) is 0.629. The Morgan fingerprint density at radius 3 is 2.31 bits per heavy atom. The van der Waals surface area contributed by atoms with E-state index in [2.05, 4.69) is 27.9 Å². The number of piperazine rings is 1. The van der Waals surface area contributed by atoms with Crippen molar-refractivity contribution < 1.29 is 4.79 Å². The summed E-state index contributed by atoms with van der Waals surface area (Å²) in [5.74, 6) is 0.278. The maximum Gasteiger partial charge on any atom is 0.223 e. The van der Waals surface area contributed by atoms with E-state index in [0.717, 1.165) is 31.5 Å². The van der Waals surface area contributed by atoms with Crippen LogP contribution in [0.4, 0.5) is 0 Å². The molecular weight excluding hydrogens is 255 g/mol. The summed E-state index contributed by atoms with van der Waals surface area (Å²) in [4.78, 5) is 15.6. The predicted octanol–water partition coefficient (Wildman–Crippen LogP) is 0.967. The van der Waals surface area contributed by atoms with Crippen LogP contribution in [0.5, 0.6) is 0 Å². The number of carbonyl (C=O) groups excluding carboxylic acids is 1. The molecule has 1 aliphatic heterocycles. The van der Waals surface area contributed by atoms with Crippen LogP contribution in [-0.4, -0.2) is 54.3 Å². The van der Waals surface area contributed by atoms with Crippen molar-refractivity contribution in [2.24, 2.45) is 0 Å². The van der Waals surface area contributed by atoms with E-state index in [-0.39, 0.29) is 18.3 Å². The lowest BCUT2D eigenvalue weighted by Crippen LogP contribution is -2.47. The zero-order chi connectivity index (χ0) is 8.97. The van der Waals surface area contributed by atoms with Crippen LogP contribution in [0.25, 0.3) is 0 Å². The Labute approximate surface area is 94.0 Å². The van der Waals surface area contributed by atoms with Gasteiger partial charge < -0.3 is 9.80 Å². The van der Waals surface area contributed by atoms with Gasteiger partial charge in [0.25, 0.3) is 0 Å². The van der Waals surface area contributed by atoms with E-state index >= 15 is 0 Å². The van der Waals surface area contributed by atoms with Gasteiger partial charge in [-0.2, -0.15) is 0 Å². The van der Waals surface area contributed by atoms with Gasteiger partial charge in [0.2, 0.25) is 5.91 Å². The van der Waals surface area contributed by atoms with Gasteiger partial charge in [-0.15, -0.1) is 12.4 Å². The van der Waals surface area contributed by atoms with Gasteiger partial charge in [-0.1, -0.05) is 15.9 Å². The second-order valence-corrected chi connectivity index (χ2v) is 3.92. The molecule has 0 aromatic rings. The third-order valence-electron chi connectivity index (χ3n) is 2.16.